The molecule has 0 radical (unpaired) electrons. The van der Waals surface area contributed by atoms with E-state index in [2.05, 4.69) is 5.32 Å². The van der Waals surface area contributed by atoms with Gasteiger partial charge >= 0.3 is 0 Å². The van der Waals surface area contributed by atoms with Gasteiger partial charge in [0.25, 0.3) is 0 Å². The Morgan fingerprint density at radius 3 is 2.81 bits per heavy atom. The molecule has 1 fully saturated rings. The summed E-state index contributed by atoms with van der Waals surface area (Å²) >= 11 is 0. The summed E-state index contributed by atoms with van der Waals surface area (Å²) in [6.45, 7) is 0. The molecule has 3 N–H and O–H groups in total. The van der Waals surface area contributed by atoms with Crippen molar-refractivity contribution in [2.24, 2.45) is 0 Å². The van der Waals surface area contributed by atoms with Crippen LogP contribution in [-0.2, 0) is 15.6 Å². The molecule has 116 valence electrons. The highest BCUT2D eigenvalue weighted by atomic mass is 32.2. The number of nitrogens with one attached hydrogen (secondary N) is 1. The van der Waals surface area contributed by atoms with Crippen LogP contribution in [0, 0.1) is 0 Å². The average molecular weight is 310 g/mol. The number of carbonyl (C=O) groups excluding carboxylic acids is 1. The van der Waals surface area contributed by atoms with E-state index < -0.39 is 10.8 Å². The number of hydrogen-bond acceptors (Lipinski definition) is 4. The molecule has 5 nitrogen and oxygen atoms in total. The van der Waals surface area contributed by atoms with Gasteiger partial charge in [0.2, 0.25) is 5.91 Å². The molecule has 6 heteroatoms. The first-order chi connectivity index (χ1) is 10.1. The number of rotatable bonds is 6. The van der Waals surface area contributed by atoms with E-state index in [-0.39, 0.29) is 17.6 Å². The number of ether oxygens (including phenoxy) is 1. The summed E-state index contributed by atoms with van der Waals surface area (Å²) in [6.07, 6.45) is 4.63. The summed E-state index contributed by atoms with van der Waals surface area (Å²) in [5.41, 5.74) is 6.83. The Morgan fingerprint density at radius 2 is 2.14 bits per heavy atom. The topological polar surface area (TPSA) is 81.4 Å². The fourth-order valence-electron chi connectivity index (χ4n) is 2.53. The second-order valence-electron chi connectivity index (χ2n) is 5.25. The fraction of sp³-hybridized carbons (Fsp3) is 0.533. The van der Waals surface area contributed by atoms with Crippen molar-refractivity contribution in [2.45, 2.75) is 37.4 Å². The minimum absolute atomic E-state index is 0.149. The van der Waals surface area contributed by atoms with E-state index in [1.54, 1.807) is 18.2 Å². The Kier molecular flexibility index (Phi) is 5.61. The first-order valence-electron chi connectivity index (χ1n) is 7.20. The van der Waals surface area contributed by atoms with Crippen molar-refractivity contribution in [1.82, 2.24) is 0 Å². The molecule has 1 aromatic carbocycles. The molecule has 1 aliphatic carbocycles. The molecule has 1 unspecified atom stereocenters. The highest BCUT2D eigenvalue weighted by Crippen LogP contribution is 2.27. The minimum Gasteiger partial charge on any atom is -0.494 e. The fourth-order valence-corrected chi connectivity index (χ4v) is 4.11. The predicted octanol–water partition coefficient (Wildman–Crippen LogP) is 2.30. The zero-order chi connectivity index (χ0) is 15.2. The van der Waals surface area contributed by atoms with Crippen molar-refractivity contribution >= 4 is 28.1 Å². The second kappa shape index (κ2) is 7.45. The van der Waals surface area contributed by atoms with Gasteiger partial charge in [-0.1, -0.05) is 12.8 Å². The number of carbonyl (C=O) groups is 1. The number of nitrogens with two attached hydrogens (primary N) is 1. The van der Waals surface area contributed by atoms with Crippen LogP contribution in [0.1, 0.15) is 32.1 Å². The summed E-state index contributed by atoms with van der Waals surface area (Å²) in [5, 5.41) is 3.06. The maximum absolute atomic E-state index is 12.1. The standard InChI is InChI=1S/C15H22N2O3S/c1-20-14-10-11(16)6-7-13(14)17-15(18)8-9-21(19)12-4-2-3-5-12/h6-7,10,12H,2-5,8-9,16H2,1H3,(H,17,18). The van der Waals surface area contributed by atoms with Gasteiger partial charge in [0.15, 0.2) is 0 Å². The number of hydrogen-bond donors (Lipinski definition) is 2. The van der Waals surface area contributed by atoms with E-state index in [0.29, 0.717) is 22.9 Å². The number of benzene rings is 1. The van der Waals surface area contributed by atoms with Gasteiger partial charge in [-0.25, -0.2) is 0 Å². The molecule has 1 aromatic rings. The van der Waals surface area contributed by atoms with E-state index in [1.165, 1.54) is 7.11 Å². The summed E-state index contributed by atoms with van der Waals surface area (Å²) in [7, 11) is 0.631. The zero-order valence-electron chi connectivity index (χ0n) is 12.3. The lowest BCUT2D eigenvalue weighted by molar-refractivity contribution is -0.115. The molecule has 1 atom stereocenters. The molecule has 1 amide bonds. The van der Waals surface area contributed by atoms with Crippen LogP contribution in [0.25, 0.3) is 0 Å². The highest BCUT2D eigenvalue weighted by Gasteiger charge is 2.21. The van der Waals surface area contributed by atoms with Crippen molar-refractivity contribution in [2.75, 3.05) is 23.9 Å². The third-order valence-electron chi connectivity index (χ3n) is 3.70. The Hall–Kier alpha value is -1.56. The van der Waals surface area contributed by atoms with E-state index in [0.717, 1.165) is 25.7 Å². The number of methoxy groups -OCH3 is 1. The molecule has 21 heavy (non-hydrogen) atoms. The Labute approximate surface area is 127 Å². The van der Waals surface area contributed by atoms with E-state index in [4.69, 9.17) is 10.5 Å². The van der Waals surface area contributed by atoms with Gasteiger partial charge < -0.3 is 15.8 Å². The second-order valence-corrected chi connectivity index (χ2v) is 7.09. The molecule has 1 aliphatic rings. The van der Waals surface area contributed by atoms with Crippen LogP contribution < -0.4 is 15.8 Å². The lowest BCUT2D eigenvalue weighted by atomic mass is 10.2. The van der Waals surface area contributed by atoms with Gasteiger partial charge in [0.1, 0.15) is 5.75 Å². The van der Waals surface area contributed by atoms with Crippen LogP contribution in [0.2, 0.25) is 0 Å². The molecule has 0 saturated heterocycles. The first-order valence-corrected chi connectivity index (χ1v) is 8.59. The minimum atomic E-state index is -0.897. The van der Waals surface area contributed by atoms with E-state index in [1.807, 2.05) is 0 Å². The molecule has 2 rings (SSSR count). The Morgan fingerprint density at radius 1 is 1.43 bits per heavy atom. The number of nitrogen functional groups attached to an aromatic ring is 1. The van der Waals surface area contributed by atoms with Crippen LogP contribution in [-0.4, -0.2) is 28.2 Å². The van der Waals surface area contributed by atoms with Gasteiger partial charge in [0, 0.05) is 40.0 Å². The van der Waals surface area contributed by atoms with Crippen LogP contribution in [0.15, 0.2) is 18.2 Å². The summed E-state index contributed by atoms with van der Waals surface area (Å²) in [5.74, 6) is 0.804. The van der Waals surface area contributed by atoms with E-state index >= 15 is 0 Å². The SMILES string of the molecule is COc1cc(N)ccc1NC(=O)CCS(=O)C1CCCC1. The first kappa shape index (κ1) is 15.8. The molecule has 0 aromatic heterocycles. The van der Waals surface area contributed by atoms with Gasteiger partial charge in [0.05, 0.1) is 12.8 Å². The molecular weight excluding hydrogens is 288 g/mol. The van der Waals surface area contributed by atoms with Gasteiger partial charge in [-0.2, -0.15) is 0 Å². The Balaban J connectivity index is 1.85. The third-order valence-corrected chi connectivity index (χ3v) is 5.53. The quantitative estimate of drug-likeness (QED) is 0.790. The van der Waals surface area contributed by atoms with Crippen LogP contribution >= 0.6 is 0 Å². The van der Waals surface area contributed by atoms with Crippen LogP contribution in [0.5, 0.6) is 5.75 Å². The predicted molar refractivity (Wildman–Crippen MR) is 85.9 cm³/mol. The maximum atomic E-state index is 12.1. The smallest absolute Gasteiger partial charge is 0.225 e. The van der Waals surface area contributed by atoms with Gasteiger partial charge in [-0.05, 0) is 25.0 Å². The van der Waals surface area contributed by atoms with E-state index in [9.17, 15) is 9.00 Å². The normalized spacial score (nSPS) is 16.6. The average Bonchev–Trinajstić information content (AvgIpc) is 3.01. The molecular formula is C15H22N2O3S. The maximum Gasteiger partial charge on any atom is 0.225 e. The van der Waals surface area contributed by atoms with Crippen LogP contribution in [0.4, 0.5) is 11.4 Å². The lowest BCUT2D eigenvalue weighted by Gasteiger charge is -2.12. The van der Waals surface area contributed by atoms with Crippen LogP contribution in [0.3, 0.4) is 0 Å². The molecule has 0 heterocycles. The monoisotopic (exact) mass is 310 g/mol. The molecule has 0 bridgehead atoms. The van der Waals surface area contributed by atoms with Gasteiger partial charge in [-0.3, -0.25) is 9.00 Å². The molecule has 0 aliphatic heterocycles. The van der Waals surface area contributed by atoms with Gasteiger partial charge in [-0.15, -0.1) is 0 Å². The number of anilines is 2. The number of amides is 1. The van der Waals surface area contributed by atoms with Crippen molar-refractivity contribution in [3.63, 3.8) is 0 Å². The zero-order valence-corrected chi connectivity index (χ0v) is 13.1. The summed E-state index contributed by atoms with van der Waals surface area (Å²) in [4.78, 5) is 12.0. The highest BCUT2D eigenvalue weighted by molar-refractivity contribution is 7.85. The summed E-state index contributed by atoms with van der Waals surface area (Å²) < 4.78 is 17.2. The summed E-state index contributed by atoms with van der Waals surface area (Å²) in [6, 6.07) is 5.07. The molecule has 1 saturated carbocycles. The van der Waals surface area contributed by atoms with Crippen molar-refractivity contribution in [3.8, 4) is 5.75 Å². The third kappa shape index (κ3) is 4.46. The molecule has 0 spiro atoms. The van der Waals surface area contributed by atoms with Crippen molar-refractivity contribution in [1.29, 1.82) is 0 Å². The van der Waals surface area contributed by atoms with Crippen molar-refractivity contribution in [3.05, 3.63) is 18.2 Å². The Bertz CT molecular complexity index is 528. The largest absolute Gasteiger partial charge is 0.494 e. The van der Waals surface area contributed by atoms with Crippen molar-refractivity contribution < 1.29 is 13.7 Å². The lowest BCUT2D eigenvalue weighted by Crippen LogP contribution is -2.19.